The number of carbonyl (C=O) groups excluding carboxylic acids is 1. The molecule has 4 fully saturated rings. The topological polar surface area (TPSA) is 82.0 Å². The van der Waals surface area contributed by atoms with Gasteiger partial charge in [-0.3, -0.25) is 0 Å². The molecule has 4 aliphatic rings. The van der Waals surface area contributed by atoms with Crippen molar-refractivity contribution in [1.29, 1.82) is 0 Å². The number of fused-ring (bicyclic) bond motifs is 1. The van der Waals surface area contributed by atoms with E-state index in [0.29, 0.717) is 15.5 Å². The van der Waals surface area contributed by atoms with Crippen LogP contribution in [0.4, 0.5) is 5.69 Å². The Kier molecular flexibility index (Phi) is 2.82. The third kappa shape index (κ3) is 1.96. The van der Waals surface area contributed by atoms with Crippen molar-refractivity contribution in [2.75, 3.05) is 5.73 Å². The Labute approximate surface area is 141 Å². The molecular formula is C18H21N3OSe. The van der Waals surface area contributed by atoms with Gasteiger partial charge in [0.05, 0.1) is 0 Å². The van der Waals surface area contributed by atoms with Crippen molar-refractivity contribution in [2.45, 2.75) is 43.9 Å². The fourth-order valence-corrected chi connectivity index (χ4v) is 7.88. The van der Waals surface area contributed by atoms with Crippen LogP contribution in [0.15, 0.2) is 12.1 Å². The van der Waals surface area contributed by atoms with Gasteiger partial charge in [-0.1, -0.05) is 0 Å². The van der Waals surface area contributed by atoms with Gasteiger partial charge in [-0.15, -0.1) is 0 Å². The molecule has 4 saturated carbocycles. The fourth-order valence-electron chi connectivity index (χ4n) is 5.90. The van der Waals surface area contributed by atoms with Crippen LogP contribution < -0.4 is 11.5 Å². The molecule has 0 unspecified atom stereocenters. The fraction of sp³-hybridized carbons (Fsp3) is 0.556. The summed E-state index contributed by atoms with van der Waals surface area (Å²) in [6.45, 7) is 0. The first-order valence-electron chi connectivity index (χ1n) is 8.53. The van der Waals surface area contributed by atoms with E-state index in [1.165, 1.54) is 44.2 Å². The number of nitrogens with two attached hydrogens (primary N) is 2. The Hall–Kier alpha value is -1.32. The molecule has 23 heavy (non-hydrogen) atoms. The van der Waals surface area contributed by atoms with Crippen molar-refractivity contribution >= 4 is 35.9 Å². The van der Waals surface area contributed by atoms with Gasteiger partial charge in [-0.05, 0) is 0 Å². The number of primary amides is 1. The predicted octanol–water partition coefficient (Wildman–Crippen LogP) is 2.44. The van der Waals surface area contributed by atoms with Crippen molar-refractivity contribution in [3.05, 3.63) is 22.3 Å². The molecule has 5 heteroatoms. The van der Waals surface area contributed by atoms with E-state index >= 15 is 0 Å². The van der Waals surface area contributed by atoms with Crippen LogP contribution in [0.2, 0.25) is 0 Å². The summed E-state index contributed by atoms with van der Waals surface area (Å²) in [5.74, 6) is 2.33. The molecule has 0 spiro atoms. The number of rotatable bonds is 2. The average Bonchev–Trinajstić information content (AvgIpc) is 2.83. The molecule has 120 valence electrons. The third-order valence-electron chi connectivity index (χ3n) is 6.40. The Balaban J connectivity index is 1.62. The number of pyridine rings is 1. The van der Waals surface area contributed by atoms with Crippen LogP contribution in [-0.2, 0) is 5.41 Å². The molecule has 4 N–H and O–H groups in total. The van der Waals surface area contributed by atoms with Crippen LogP contribution in [0.1, 0.15) is 53.5 Å². The molecule has 0 aromatic carbocycles. The Morgan fingerprint density at radius 1 is 1.13 bits per heavy atom. The number of hydrogen-bond acceptors (Lipinski definition) is 3. The molecule has 2 heterocycles. The summed E-state index contributed by atoms with van der Waals surface area (Å²) in [7, 11) is 0. The van der Waals surface area contributed by atoms with E-state index in [-0.39, 0.29) is 14.5 Å². The molecule has 2 aromatic rings. The van der Waals surface area contributed by atoms with Gasteiger partial charge in [0.25, 0.3) is 0 Å². The molecule has 0 saturated heterocycles. The molecule has 6 rings (SSSR count). The summed E-state index contributed by atoms with van der Waals surface area (Å²) >= 11 is -0.135. The summed E-state index contributed by atoms with van der Waals surface area (Å²) < 4.78 is 1.60. The van der Waals surface area contributed by atoms with E-state index in [1.807, 2.05) is 0 Å². The second-order valence-electron chi connectivity index (χ2n) is 7.96. The van der Waals surface area contributed by atoms with Gasteiger partial charge >= 0.3 is 141 Å². The van der Waals surface area contributed by atoms with Crippen molar-refractivity contribution in [3.8, 4) is 0 Å². The molecule has 0 aliphatic heterocycles. The molecule has 0 radical (unpaired) electrons. The number of amides is 1. The summed E-state index contributed by atoms with van der Waals surface area (Å²) in [6.07, 6.45) is 8.24. The molecule has 1 amide bonds. The zero-order valence-electron chi connectivity index (χ0n) is 13.0. The van der Waals surface area contributed by atoms with Gasteiger partial charge < -0.3 is 0 Å². The number of hydrogen-bond donors (Lipinski definition) is 2. The quantitative estimate of drug-likeness (QED) is 0.793. The summed E-state index contributed by atoms with van der Waals surface area (Å²) in [5, 5.41) is 0.937. The molecule has 4 bridgehead atoms. The number of nitrogen functional groups attached to an aromatic ring is 1. The van der Waals surface area contributed by atoms with Crippen LogP contribution in [-0.4, -0.2) is 25.4 Å². The molecular weight excluding hydrogens is 353 g/mol. The van der Waals surface area contributed by atoms with Crippen LogP contribution in [0.3, 0.4) is 0 Å². The maximum atomic E-state index is 11.6. The number of carbonyl (C=O) groups is 1. The molecule has 0 atom stereocenters. The molecule has 4 aliphatic carbocycles. The van der Waals surface area contributed by atoms with E-state index in [4.69, 9.17) is 16.5 Å². The van der Waals surface area contributed by atoms with E-state index < -0.39 is 5.91 Å². The van der Waals surface area contributed by atoms with Gasteiger partial charge in [0.1, 0.15) is 0 Å². The third-order valence-corrected chi connectivity index (χ3v) is 8.77. The van der Waals surface area contributed by atoms with Gasteiger partial charge in [-0.25, -0.2) is 0 Å². The van der Waals surface area contributed by atoms with E-state index in [1.54, 1.807) is 0 Å². The first kappa shape index (κ1) is 14.1. The standard InChI is InChI=1S/C18H21N3OSe/c19-14-12-1-2-13(21-17(12)23-15(14)16(20)22)18-6-9-3-10(7-18)5-11(4-9)8-18/h1-2,9-11H,3-8,19H2,(H2,20,22). The number of anilines is 1. The van der Waals surface area contributed by atoms with Crippen molar-refractivity contribution < 1.29 is 4.79 Å². The van der Waals surface area contributed by atoms with E-state index in [9.17, 15) is 4.79 Å². The average molecular weight is 374 g/mol. The normalized spacial score (nSPS) is 35.0. The van der Waals surface area contributed by atoms with Gasteiger partial charge in [0, 0.05) is 0 Å². The van der Waals surface area contributed by atoms with Gasteiger partial charge in [0.2, 0.25) is 0 Å². The van der Waals surface area contributed by atoms with Crippen LogP contribution in [0.25, 0.3) is 9.78 Å². The van der Waals surface area contributed by atoms with E-state index in [2.05, 4.69) is 12.1 Å². The Morgan fingerprint density at radius 2 is 1.74 bits per heavy atom. The van der Waals surface area contributed by atoms with E-state index in [0.717, 1.165) is 27.5 Å². The zero-order chi connectivity index (χ0) is 15.8. The maximum absolute atomic E-state index is 11.6. The monoisotopic (exact) mass is 375 g/mol. The second-order valence-corrected chi connectivity index (χ2v) is 10.1. The first-order valence-corrected chi connectivity index (χ1v) is 10.2. The van der Waals surface area contributed by atoms with Crippen molar-refractivity contribution in [3.63, 3.8) is 0 Å². The summed E-state index contributed by atoms with van der Waals surface area (Å²) in [4.78, 5) is 16.6. The van der Waals surface area contributed by atoms with Crippen LogP contribution >= 0.6 is 0 Å². The van der Waals surface area contributed by atoms with Crippen LogP contribution in [0.5, 0.6) is 0 Å². The second kappa shape index (κ2) is 4.61. The predicted molar refractivity (Wildman–Crippen MR) is 91.5 cm³/mol. The minimum absolute atomic E-state index is 0.135. The Bertz CT molecular complexity index is 790. The molecule has 4 nitrogen and oxygen atoms in total. The number of aromatic nitrogens is 1. The number of nitrogens with zero attached hydrogens (tertiary/aromatic N) is 1. The first-order chi connectivity index (χ1) is 11.0. The SMILES string of the molecule is NC(=O)c1[se]c2nc(C34CC5CC(CC(C5)C3)C4)ccc2c1N. The van der Waals surface area contributed by atoms with Crippen molar-refractivity contribution in [2.24, 2.45) is 23.5 Å². The Morgan fingerprint density at radius 3 is 2.30 bits per heavy atom. The van der Waals surface area contributed by atoms with Gasteiger partial charge in [0.15, 0.2) is 0 Å². The van der Waals surface area contributed by atoms with Crippen LogP contribution in [0, 0.1) is 17.8 Å². The minimum atomic E-state index is -0.392. The van der Waals surface area contributed by atoms with Crippen molar-refractivity contribution in [1.82, 2.24) is 4.98 Å². The van der Waals surface area contributed by atoms with Gasteiger partial charge in [-0.2, -0.15) is 0 Å². The summed E-state index contributed by atoms with van der Waals surface area (Å²) in [5.41, 5.74) is 13.7. The summed E-state index contributed by atoms with van der Waals surface area (Å²) in [6, 6.07) is 4.27. The zero-order valence-corrected chi connectivity index (χ0v) is 14.8. The molecule has 2 aromatic heterocycles.